The second kappa shape index (κ2) is 9.65. The fourth-order valence-electron chi connectivity index (χ4n) is 2.93. The van der Waals surface area contributed by atoms with Gasteiger partial charge in [0, 0.05) is 3.57 Å². The minimum Gasteiger partial charge on any atom is -0.487 e. The lowest BCUT2D eigenvalue weighted by Crippen LogP contribution is -2.27. The molecular formula is C23H14Cl2INO3S. The van der Waals surface area contributed by atoms with Crippen molar-refractivity contribution >= 4 is 80.5 Å². The molecule has 3 aromatic carbocycles. The van der Waals surface area contributed by atoms with Crippen molar-refractivity contribution in [1.29, 1.82) is 0 Å². The summed E-state index contributed by atoms with van der Waals surface area (Å²) >= 11 is 15.6. The third-order valence-electron chi connectivity index (χ3n) is 4.45. The first-order valence-corrected chi connectivity index (χ1v) is 11.8. The van der Waals surface area contributed by atoms with Crippen molar-refractivity contribution in [2.45, 2.75) is 6.61 Å². The van der Waals surface area contributed by atoms with E-state index in [4.69, 9.17) is 27.9 Å². The first-order chi connectivity index (χ1) is 14.9. The van der Waals surface area contributed by atoms with Crippen LogP contribution < -0.4 is 9.64 Å². The predicted octanol–water partition coefficient (Wildman–Crippen LogP) is 7.42. The number of nitrogens with zero attached hydrogens (tertiary/aromatic N) is 1. The molecule has 4 rings (SSSR count). The molecule has 0 unspecified atom stereocenters. The second-order valence-electron chi connectivity index (χ2n) is 6.57. The van der Waals surface area contributed by atoms with E-state index in [2.05, 4.69) is 22.6 Å². The highest BCUT2D eigenvalue weighted by atomic mass is 127. The van der Waals surface area contributed by atoms with Crippen LogP contribution in [-0.2, 0) is 11.4 Å². The Bertz CT molecular complexity index is 1200. The maximum Gasteiger partial charge on any atom is 0.298 e. The number of imide groups is 1. The Morgan fingerprint density at radius 3 is 2.42 bits per heavy atom. The van der Waals surface area contributed by atoms with E-state index >= 15 is 0 Å². The zero-order valence-corrected chi connectivity index (χ0v) is 20.3. The van der Waals surface area contributed by atoms with Crippen molar-refractivity contribution in [3.63, 3.8) is 0 Å². The molecular weight excluding hydrogens is 568 g/mol. The lowest BCUT2D eigenvalue weighted by Gasteiger charge is -2.13. The molecule has 1 aliphatic rings. The minimum absolute atomic E-state index is 0.300. The first kappa shape index (κ1) is 22.2. The largest absolute Gasteiger partial charge is 0.487 e. The summed E-state index contributed by atoms with van der Waals surface area (Å²) in [5.41, 5.74) is 2.09. The number of hydrogen-bond donors (Lipinski definition) is 0. The molecule has 1 heterocycles. The lowest BCUT2D eigenvalue weighted by molar-refractivity contribution is -0.113. The van der Waals surface area contributed by atoms with Crippen LogP contribution in [0.3, 0.4) is 0 Å². The number of carbonyl (C=O) groups is 2. The normalized spacial score (nSPS) is 15.1. The van der Waals surface area contributed by atoms with E-state index in [1.165, 1.54) is 0 Å². The van der Waals surface area contributed by atoms with Gasteiger partial charge >= 0.3 is 0 Å². The topological polar surface area (TPSA) is 46.6 Å². The zero-order valence-electron chi connectivity index (χ0n) is 15.8. The molecule has 0 spiro atoms. The van der Waals surface area contributed by atoms with Crippen molar-refractivity contribution in [2.75, 3.05) is 4.90 Å². The van der Waals surface area contributed by atoms with Gasteiger partial charge in [0.1, 0.15) is 12.4 Å². The molecule has 0 N–H and O–H groups in total. The number of hydrogen-bond acceptors (Lipinski definition) is 4. The van der Waals surface area contributed by atoms with Crippen molar-refractivity contribution < 1.29 is 14.3 Å². The van der Waals surface area contributed by atoms with E-state index in [9.17, 15) is 9.59 Å². The van der Waals surface area contributed by atoms with E-state index in [-0.39, 0.29) is 0 Å². The van der Waals surface area contributed by atoms with Crippen LogP contribution in [0.4, 0.5) is 10.5 Å². The van der Waals surface area contributed by atoms with Crippen molar-refractivity contribution in [1.82, 2.24) is 0 Å². The molecule has 3 aromatic rings. The lowest BCUT2D eigenvalue weighted by atomic mass is 10.2. The molecule has 2 amide bonds. The summed E-state index contributed by atoms with van der Waals surface area (Å²) in [6.45, 7) is 0.396. The molecule has 0 radical (unpaired) electrons. The molecule has 1 fully saturated rings. The highest BCUT2D eigenvalue weighted by molar-refractivity contribution is 14.1. The molecule has 4 nitrogen and oxygen atoms in total. The summed E-state index contributed by atoms with van der Waals surface area (Å²) in [5, 5.41) is 0.362. The molecule has 8 heteroatoms. The summed E-state index contributed by atoms with van der Waals surface area (Å²) in [5.74, 6) is 0.125. The first-order valence-electron chi connectivity index (χ1n) is 9.11. The van der Waals surface area contributed by atoms with Crippen LogP contribution in [0.1, 0.15) is 11.1 Å². The SMILES string of the molecule is O=C1S/C(=C\c2ccc(OCc3ccc(I)cc3)c(Cl)c2)C(=O)N1c1ccccc1Cl. The fraction of sp³-hybridized carbons (Fsp3) is 0.0435. The summed E-state index contributed by atoms with van der Waals surface area (Å²) in [6, 6.07) is 20.0. The number of para-hydroxylation sites is 1. The monoisotopic (exact) mass is 581 g/mol. The maximum absolute atomic E-state index is 12.8. The molecule has 156 valence electrons. The number of benzene rings is 3. The Balaban J connectivity index is 1.50. The maximum atomic E-state index is 12.8. The Labute approximate surface area is 207 Å². The van der Waals surface area contributed by atoms with Crippen molar-refractivity contribution in [3.05, 3.63) is 96.4 Å². The number of thioether (sulfide) groups is 1. The standard InChI is InChI=1S/C23H14Cl2INO3S/c24-17-3-1-2-4-19(17)27-22(28)21(31-23(27)29)12-15-7-10-20(18(25)11-15)30-13-14-5-8-16(26)9-6-14/h1-12H,13H2/b21-12-. The van der Waals surface area contributed by atoms with Gasteiger partial charge in [-0.2, -0.15) is 0 Å². The van der Waals surface area contributed by atoms with Gasteiger partial charge < -0.3 is 4.74 Å². The number of amides is 2. The number of anilines is 1. The zero-order chi connectivity index (χ0) is 22.0. The molecule has 1 aliphatic heterocycles. The summed E-state index contributed by atoms with van der Waals surface area (Å²) in [7, 11) is 0. The molecule has 0 saturated carbocycles. The fourth-order valence-corrected chi connectivity index (χ4v) is 4.58. The second-order valence-corrected chi connectivity index (χ2v) is 9.63. The van der Waals surface area contributed by atoms with Crippen LogP contribution in [0.2, 0.25) is 10.0 Å². The van der Waals surface area contributed by atoms with E-state index in [1.807, 2.05) is 24.3 Å². The Hall–Kier alpha value is -2.00. The van der Waals surface area contributed by atoms with Gasteiger partial charge in [0.15, 0.2) is 0 Å². The minimum atomic E-state index is -0.418. The van der Waals surface area contributed by atoms with E-state index < -0.39 is 11.1 Å². The van der Waals surface area contributed by atoms with Crippen LogP contribution in [0.5, 0.6) is 5.75 Å². The Morgan fingerprint density at radius 2 is 1.71 bits per heavy atom. The molecule has 31 heavy (non-hydrogen) atoms. The average molecular weight is 582 g/mol. The van der Waals surface area contributed by atoms with Gasteiger partial charge in [0.25, 0.3) is 11.1 Å². The molecule has 0 aliphatic carbocycles. The number of halogens is 3. The summed E-state index contributed by atoms with van der Waals surface area (Å²) in [6.07, 6.45) is 1.64. The van der Waals surface area contributed by atoms with Gasteiger partial charge in [0.2, 0.25) is 0 Å². The van der Waals surface area contributed by atoms with Gasteiger partial charge in [-0.15, -0.1) is 0 Å². The highest BCUT2D eigenvalue weighted by Crippen LogP contribution is 2.39. The number of carbonyl (C=O) groups excluding carboxylic acids is 2. The van der Waals surface area contributed by atoms with Gasteiger partial charge in [-0.05, 0) is 88.0 Å². The molecule has 0 bridgehead atoms. The van der Waals surface area contributed by atoms with Gasteiger partial charge in [0.05, 0.1) is 20.6 Å². The van der Waals surface area contributed by atoms with Crippen molar-refractivity contribution in [3.8, 4) is 5.75 Å². The third-order valence-corrected chi connectivity index (χ3v) is 6.65. The predicted molar refractivity (Wildman–Crippen MR) is 135 cm³/mol. The molecule has 0 aromatic heterocycles. The Kier molecular flexibility index (Phi) is 6.91. The van der Waals surface area contributed by atoms with Crippen molar-refractivity contribution in [2.24, 2.45) is 0 Å². The van der Waals surface area contributed by atoms with Crippen LogP contribution >= 0.6 is 57.6 Å². The van der Waals surface area contributed by atoms with Crippen LogP contribution in [0.25, 0.3) is 6.08 Å². The van der Waals surface area contributed by atoms with Crippen LogP contribution in [0.15, 0.2) is 71.6 Å². The Morgan fingerprint density at radius 1 is 0.968 bits per heavy atom. The average Bonchev–Trinajstić information content (AvgIpc) is 3.02. The van der Waals surface area contributed by atoms with E-state index in [0.717, 1.165) is 25.8 Å². The smallest absolute Gasteiger partial charge is 0.298 e. The van der Waals surface area contributed by atoms with Gasteiger partial charge in [-0.3, -0.25) is 9.59 Å². The number of ether oxygens (including phenoxy) is 1. The third kappa shape index (κ3) is 5.09. The van der Waals surface area contributed by atoms with E-state index in [1.54, 1.807) is 48.5 Å². The quantitative estimate of drug-likeness (QED) is 0.232. The van der Waals surface area contributed by atoms with E-state index in [0.29, 0.717) is 38.6 Å². The number of rotatable bonds is 5. The summed E-state index contributed by atoms with van der Waals surface area (Å²) < 4.78 is 6.96. The molecule has 1 saturated heterocycles. The molecule has 0 atom stereocenters. The summed E-state index contributed by atoms with van der Waals surface area (Å²) in [4.78, 5) is 26.6. The van der Waals surface area contributed by atoms with Crippen LogP contribution in [-0.4, -0.2) is 11.1 Å². The highest BCUT2D eigenvalue weighted by Gasteiger charge is 2.37. The van der Waals surface area contributed by atoms with Gasteiger partial charge in [-0.1, -0.05) is 53.5 Å². The van der Waals surface area contributed by atoms with Crippen LogP contribution in [0, 0.1) is 3.57 Å². The van der Waals surface area contributed by atoms with Gasteiger partial charge in [-0.25, -0.2) is 4.90 Å².